The quantitative estimate of drug-likeness (QED) is 0.00762. The first kappa shape index (κ1) is 117. The number of hydrogen-bond acceptors (Lipinski definition) is 21. The maximum Gasteiger partial charge on any atom is 0.330 e. The van der Waals surface area contributed by atoms with E-state index in [1.54, 1.807) is 190 Å². The molecule has 1 aromatic heterocycles. The third kappa shape index (κ3) is 46.2. The first-order valence-electron chi connectivity index (χ1n) is 45.4. The number of amides is 9. The van der Waals surface area contributed by atoms with Gasteiger partial charge in [-0.2, -0.15) is 0 Å². The van der Waals surface area contributed by atoms with E-state index in [2.05, 4.69) is 59.7 Å². The zero-order chi connectivity index (χ0) is 103. The van der Waals surface area contributed by atoms with Crippen LogP contribution in [0.3, 0.4) is 0 Å². The van der Waals surface area contributed by atoms with Crippen molar-refractivity contribution in [1.29, 1.82) is 0 Å². The maximum absolute atomic E-state index is 12.7. The normalized spacial score (nSPS) is 11.5. The van der Waals surface area contributed by atoms with Gasteiger partial charge in [0.25, 0.3) is 29.5 Å². The van der Waals surface area contributed by atoms with Gasteiger partial charge >= 0.3 is 29.8 Å². The number of ether oxygens (including phenoxy) is 4. The third-order valence-electron chi connectivity index (χ3n) is 20.5. The second kappa shape index (κ2) is 65.9. The van der Waals surface area contributed by atoms with E-state index in [4.69, 9.17) is 24.8 Å². The predicted octanol–water partition coefficient (Wildman–Crippen LogP) is 10.6. The summed E-state index contributed by atoms with van der Waals surface area (Å²) >= 11 is 0. The zero-order valence-electron chi connectivity index (χ0n) is 81.8. The van der Waals surface area contributed by atoms with Gasteiger partial charge in [0.05, 0.1) is 41.7 Å². The van der Waals surface area contributed by atoms with Gasteiger partial charge in [0, 0.05) is 166 Å². The Kier molecular flexibility index (Phi) is 54.9. The number of aliphatic hydroxyl groups excluding tert-OH is 2. The number of aliphatic hydroxyl groups is 2. The summed E-state index contributed by atoms with van der Waals surface area (Å²) in [7, 11) is 18.8. The van der Waals surface area contributed by atoms with Crippen LogP contribution in [0.1, 0.15) is 188 Å². The molecule has 7 aromatic carbocycles. The number of carboxylic acid groups (broad SMARTS) is 1. The number of nitrogens with zero attached hydrogens (tertiary/aromatic N) is 5. The fourth-order valence-corrected chi connectivity index (χ4v) is 12.5. The number of rotatable bonds is 42. The third-order valence-corrected chi connectivity index (χ3v) is 20.5. The Morgan fingerprint density at radius 1 is 0.364 bits per heavy atom. The van der Waals surface area contributed by atoms with Crippen molar-refractivity contribution >= 4 is 101 Å². The van der Waals surface area contributed by atoms with Gasteiger partial charge < -0.3 is 85.0 Å². The lowest BCUT2D eigenvalue weighted by molar-refractivity contribution is -0.144. The molecule has 9 amide bonds. The Morgan fingerprint density at radius 2 is 0.664 bits per heavy atom. The monoisotopic (exact) mass is 1920 g/mol. The molecule has 0 unspecified atom stereocenters. The lowest BCUT2D eigenvalue weighted by Gasteiger charge is -2.17. The molecular formula is C108H130N10O22. The summed E-state index contributed by atoms with van der Waals surface area (Å²) in [5, 5.41) is 40.0. The first-order chi connectivity index (χ1) is 67.0. The standard InChI is InChI=1S/C25H30N2O4.C25H28N2O4.C20H22N2O4.C19H26N2O5.C19H24N2O5/c2*1-27(2)23(28)16-9-5-8-11-19-14-10-15-21(17-19)24(29)26-22(25(30)31-3)18-20-12-6-4-7-13-20;1-15(20(25)26)21-19(24)17-10-7-9-16(14-17)8-3-2-5-12-22-13-6-4-11-18(22)23;2*1-21(2)17(23)11-6-4-5-8-14-9-7-10-15(12-14)18(24)20-16(13-22)19(25)26-3/h4,6-8,10-15,17,22H,5,9,16,18H2,1-3H3,(H,26,29);4,6-7,10,12-15,17,22H,5,9,16,18H2,1-3H3,(H,26,29);3-4,6-11,13-15H,2,5,12H2,1H3,(H,21,24)(H,25,26);5,7-10,12,16,22H,4,6,11,13H2,1-3H3,(H,20,24);7,9-10,12,16,22H,4,6,11,13H2,1-3H3,(H,20,24)/b11-8-;;8-3-;8-5-;/t2*22-;15-;2*16-/m00100/s1. The molecule has 0 aliphatic carbocycles. The van der Waals surface area contributed by atoms with Crippen LogP contribution in [0.5, 0.6) is 0 Å². The Balaban J connectivity index is 0.000000366. The summed E-state index contributed by atoms with van der Waals surface area (Å²) in [6.45, 7) is 0.981. The Bertz CT molecular complexity index is 5670. The van der Waals surface area contributed by atoms with Crippen LogP contribution in [0.25, 0.3) is 18.2 Å². The maximum atomic E-state index is 12.7. The van der Waals surface area contributed by atoms with Gasteiger partial charge in [0.2, 0.25) is 29.2 Å². The molecule has 0 aliphatic rings. The molecule has 0 radical (unpaired) electrons. The van der Waals surface area contributed by atoms with Crippen molar-refractivity contribution in [2.45, 2.75) is 146 Å². The van der Waals surface area contributed by atoms with Crippen molar-refractivity contribution in [1.82, 2.24) is 50.8 Å². The second-order valence-electron chi connectivity index (χ2n) is 32.3. The number of methoxy groups -OCH3 is 4. The predicted molar refractivity (Wildman–Crippen MR) is 535 cm³/mol. The smallest absolute Gasteiger partial charge is 0.330 e. The Labute approximate surface area is 819 Å². The summed E-state index contributed by atoms with van der Waals surface area (Å²) in [5.74, 6) is 6.76. The van der Waals surface area contributed by atoms with Gasteiger partial charge in [0.1, 0.15) is 18.1 Å². The lowest BCUT2D eigenvalue weighted by atomic mass is 10.0. The van der Waals surface area contributed by atoms with Gasteiger partial charge in [-0.25, -0.2) is 19.2 Å². The molecule has 0 fully saturated rings. The van der Waals surface area contributed by atoms with E-state index in [9.17, 15) is 71.9 Å². The molecule has 140 heavy (non-hydrogen) atoms. The average molecular weight is 1920 g/mol. The number of pyridine rings is 1. The molecule has 744 valence electrons. The fourth-order valence-electron chi connectivity index (χ4n) is 12.5. The summed E-state index contributed by atoms with van der Waals surface area (Å²) in [6.07, 6.45) is 23.2. The molecule has 0 saturated heterocycles. The fraction of sp³-hybridized carbons (Fsp3) is 0.343. The van der Waals surface area contributed by atoms with Crippen LogP contribution >= 0.6 is 0 Å². The molecule has 0 saturated carbocycles. The minimum atomic E-state index is -1.11. The number of aliphatic carboxylic acids is 1. The second-order valence-corrected chi connectivity index (χ2v) is 32.3. The van der Waals surface area contributed by atoms with Crippen molar-refractivity contribution in [2.75, 3.05) is 98.0 Å². The molecule has 32 heteroatoms. The highest BCUT2D eigenvalue weighted by Crippen LogP contribution is 2.17. The van der Waals surface area contributed by atoms with Gasteiger partial charge in [-0.3, -0.25) is 52.7 Å². The Hall–Kier alpha value is -15.7. The van der Waals surface area contributed by atoms with Crippen LogP contribution in [0.15, 0.2) is 229 Å². The minimum absolute atomic E-state index is 0.00853. The van der Waals surface area contributed by atoms with E-state index in [0.29, 0.717) is 110 Å². The van der Waals surface area contributed by atoms with Crippen molar-refractivity contribution in [3.63, 3.8) is 0 Å². The number of carbonyl (C=O) groups is 14. The van der Waals surface area contributed by atoms with Gasteiger partial charge in [-0.05, 0) is 165 Å². The van der Waals surface area contributed by atoms with Crippen LogP contribution in [-0.2, 0) is 81.5 Å². The van der Waals surface area contributed by atoms with Crippen LogP contribution < -0.4 is 32.1 Å². The average Bonchev–Trinajstić information content (AvgIpc) is 0.861. The molecule has 8 N–H and O–H groups in total. The molecule has 0 spiro atoms. The number of carbonyl (C=O) groups excluding carboxylic acids is 13. The zero-order valence-corrected chi connectivity index (χ0v) is 81.8. The van der Waals surface area contributed by atoms with E-state index >= 15 is 0 Å². The van der Waals surface area contributed by atoms with Crippen molar-refractivity contribution in [2.24, 2.45) is 0 Å². The highest BCUT2D eigenvalue weighted by atomic mass is 16.5. The molecule has 0 bridgehead atoms. The van der Waals surface area contributed by atoms with Crippen molar-refractivity contribution in [3.8, 4) is 23.7 Å². The molecule has 1 heterocycles. The van der Waals surface area contributed by atoms with E-state index in [0.717, 1.165) is 66.3 Å². The number of aryl methyl sites for hydroxylation is 1. The number of unbranched alkanes of at least 4 members (excludes halogenated alkanes) is 5. The summed E-state index contributed by atoms with van der Waals surface area (Å²) in [4.78, 5) is 184. The Morgan fingerprint density at radius 3 is 0.986 bits per heavy atom. The number of aromatic nitrogens is 1. The van der Waals surface area contributed by atoms with Gasteiger partial charge in [0.15, 0.2) is 12.1 Å². The van der Waals surface area contributed by atoms with Crippen LogP contribution in [0.2, 0.25) is 0 Å². The van der Waals surface area contributed by atoms with Crippen LogP contribution in [-0.4, -0.2) is 251 Å². The minimum Gasteiger partial charge on any atom is -0.480 e. The largest absolute Gasteiger partial charge is 0.480 e. The molecule has 8 aromatic rings. The number of esters is 4. The van der Waals surface area contributed by atoms with Gasteiger partial charge in [-0.1, -0.05) is 175 Å². The summed E-state index contributed by atoms with van der Waals surface area (Å²) in [6, 6.07) is 53.9. The molecular weight excluding hydrogens is 1790 g/mol. The van der Waals surface area contributed by atoms with E-state index in [-0.39, 0.29) is 41.0 Å². The number of nitrogens with one attached hydrogen (secondary N) is 5. The van der Waals surface area contributed by atoms with Crippen LogP contribution in [0.4, 0.5) is 0 Å². The summed E-state index contributed by atoms with van der Waals surface area (Å²) < 4.78 is 20.4. The number of allylic oxidation sites excluding steroid dienone is 3. The molecule has 5 atom stereocenters. The first-order valence-corrected chi connectivity index (χ1v) is 45.4. The molecule has 0 aliphatic heterocycles. The number of benzene rings is 7. The van der Waals surface area contributed by atoms with E-state index < -0.39 is 91.0 Å². The summed E-state index contributed by atoms with van der Waals surface area (Å²) in [5.41, 5.74) is 7.74. The van der Waals surface area contributed by atoms with E-state index in [1.165, 1.54) is 41.4 Å². The van der Waals surface area contributed by atoms with Crippen molar-refractivity contribution < 1.29 is 101 Å². The highest BCUT2D eigenvalue weighted by molar-refractivity contribution is 6.00. The van der Waals surface area contributed by atoms with E-state index in [1.807, 2.05) is 127 Å². The number of carboxylic acids is 1. The molecule has 8 rings (SSSR count). The lowest BCUT2D eigenvalue weighted by Crippen LogP contribution is -2.44. The topological polar surface area (TPSA) is 432 Å². The number of hydrogen-bond donors (Lipinski definition) is 8. The highest BCUT2D eigenvalue weighted by Gasteiger charge is 2.27. The van der Waals surface area contributed by atoms with Gasteiger partial charge in [-0.15, -0.1) is 0 Å². The van der Waals surface area contributed by atoms with Crippen molar-refractivity contribution in [3.05, 3.63) is 302 Å². The van der Waals surface area contributed by atoms with Crippen LogP contribution in [0, 0.1) is 23.7 Å². The SMILES string of the molecule is COC(=O)[C@H](CO)NC(=O)c1cccc(/C=C\CCCC(=O)N(C)C)c1.COC(=O)[C@H](CO)NC(=O)c1cccc(C#CCCCC(=O)N(C)C)c1.COC(=O)[C@H](Cc1ccccc1)NC(=O)c1cccc(/C=C\CCCC(=O)N(C)C)c1.COC(=O)[C@H](Cc1ccccc1)NC(=O)c1cccc(C#CCCCC(=O)N(C)C)c1.C[C@@H](NC(=O)c1cccc(/C=C\CCCn2ccccc2=O)c1)C(=O)O. The molecule has 32 nitrogen and oxygen atoms in total.